The number of aliphatic carboxylic acids is 2. The first-order chi connectivity index (χ1) is 27.5. The Labute approximate surface area is 357 Å². The van der Waals surface area contributed by atoms with E-state index in [1.807, 2.05) is 0 Å². The summed E-state index contributed by atoms with van der Waals surface area (Å²) >= 11 is 2.10. The van der Waals surface area contributed by atoms with E-state index in [4.69, 9.17) is 14.6 Å². The van der Waals surface area contributed by atoms with Gasteiger partial charge < -0.3 is 46.3 Å². The van der Waals surface area contributed by atoms with E-state index in [0.717, 1.165) is 9.13 Å². The molecule has 5 amide bonds. The predicted octanol–water partition coefficient (Wildman–Crippen LogP) is 3.85. The molecule has 0 aliphatic heterocycles. The fourth-order valence-electron chi connectivity index (χ4n) is 5.41. The lowest BCUT2D eigenvalue weighted by Gasteiger charge is -2.25. The SMILES string of the molecule is CC(C)(C)OC(=O)CCC(NC(=O)c1ccc(I)cc1)C(=O)NC(Cc1ccccc1)C(=O)NCCCCC(NC(=O)NC(CCC(=O)O)C(=O)O)C(=O)OC(C)(C)C. The van der Waals surface area contributed by atoms with E-state index >= 15 is 0 Å². The molecule has 17 nitrogen and oxygen atoms in total. The lowest BCUT2D eigenvalue weighted by molar-refractivity contribution is -0.157. The zero-order chi connectivity index (χ0) is 44.3. The Balaban J connectivity index is 2.17. The summed E-state index contributed by atoms with van der Waals surface area (Å²) in [6.07, 6.45) is -0.479. The highest BCUT2D eigenvalue weighted by Gasteiger charge is 2.31. The standard InChI is InChI=1S/C41H56IN5O12/c1-40(2,3)58-33(50)22-20-28(44-34(51)26-15-17-27(42)18-16-26)36(53)45-31(24-25-12-8-7-9-13-25)35(52)43-23-11-10-14-30(38(56)59-41(4,5)6)47-39(57)46-29(37(54)55)19-21-32(48)49/h7-9,12-13,15-18,28-31H,10-11,14,19-24H2,1-6H3,(H,43,52)(H,44,51)(H,45,53)(H,48,49)(H,54,55)(H2,46,47,57). The van der Waals surface area contributed by atoms with Crippen LogP contribution in [0.5, 0.6) is 0 Å². The first kappa shape index (κ1) is 49.9. The van der Waals surface area contributed by atoms with Gasteiger partial charge in [-0.25, -0.2) is 14.4 Å². The number of amides is 5. The molecule has 2 aromatic carbocycles. The normalized spacial score (nSPS) is 13.3. The first-order valence-electron chi connectivity index (χ1n) is 19.2. The van der Waals surface area contributed by atoms with Gasteiger partial charge in [-0.2, -0.15) is 0 Å². The van der Waals surface area contributed by atoms with Crippen molar-refractivity contribution in [3.8, 4) is 0 Å². The number of urea groups is 1. The molecule has 4 unspecified atom stereocenters. The molecule has 7 N–H and O–H groups in total. The van der Waals surface area contributed by atoms with Crippen molar-refractivity contribution in [2.75, 3.05) is 6.54 Å². The number of benzene rings is 2. The summed E-state index contributed by atoms with van der Waals surface area (Å²) < 4.78 is 11.7. The van der Waals surface area contributed by atoms with E-state index in [9.17, 15) is 43.5 Å². The average Bonchev–Trinajstić information content (AvgIpc) is 3.12. The minimum absolute atomic E-state index is 0.0365. The Bertz CT molecular complexity index is 1760. The van der Waals surface area contributed by atoms with Crippen LogP contribution in [0.4, 0.5) is 4.79 Å². The minimum Gasteiger partial charge on any atom is -0.481 e. The van der Waals surface area contributed by atoms with Gasteiger partial charge in [0, 0.05) is 34.9 Å². The van der Waals surface area contributed by atoms with Crippen LogP contribution in [-0.4, -0.2) is 99.8 Å². The number of esters is 2. The highest BCUT2D eigenvalue weighted by atomic mass is 127. The van der Waals surface area contributed by atoms with Gasteiger partial charge in [-0.05, 0) is 126 Å². The average molecular weight is 938 g/mol. The fraction of sp³-hybridized carbons (Fsp3) is 0.512. The van der Waals surface area contributed by atoms with E-state index in [2.05, 4.69) is 49.2 Å². The predicted molar refractivity (Wildman–Crippen MR) is 224 cm³/mol. The molecule has 18 heteroatoms. The second kappa shape index (κ2) is 24.0. The van der Waals surface area contributed by atoms with Gasteiger partial charge in [0.2, 0.25) is 11.8 Å². The number of halogens is 1. The number of hydrogen-bond donors (Lipinski definition) is 7. The second-order valence-electron chi connectivity index (χ2n) is 15.7. The Morgan fingerprint density at radius 1 is 0.644 bits per heavy atom. The van der Waals surface area contributed by atoms with Crippen LogP contribution in [0.1, 0.15) is 102 Å². The largest absolute Gasteiger partial charge is 0.481 e. The molecule has 324 valence electrons. The molecule has 0 bridgehead atoms. The second-order valence-corrected chi connectivity index (χ2v) is 17.0. The van der Waals surface area contributed by atoms with Crippen molar-refractivity contribution in [3.05, 3.63) is 69.3 Å². The molecule has 0 spiro atoms. The van der Waals surface area contributed by atoms with Gasteiger partial charge in [0.1, 0.15) is 35.4 Å². The Morgan fingerprint density at radius 3 is 1.81 bits per heavy atom. The molecule has 0 aliphatic rings. The molecule has 0 saturated heterocycles. The van der Waals surface area contributed by atoms with Crippen LogP contribution >= 0.6 is 22.6 Å². The van der Waals surface area contributed by atoms with Gasteiger partial charge >= 0.3 is 29.9 Å². The maximum absolute atomic E-state index is 13.8. The van der Waals surface area contributed by atoms with E-state index in [-0.39, 0.29) is 45.1 Å². The Kier molecular flexibility index (Phi) is 20.3. The van der Waals surface area contributed by atoms with Crippen molar-refractivity contribution in [2.24, 2.45) is 0 Å². The summed E-state index contributed by atoms with van der Waals surface area (Å²) in [5.41, 5.74) is -0.651. The number of hydrogen-bond acceptors (Lipinski definition) is 10. The molecule has 0 saturated carbocycles. The lowest BCUT2D eigenvalue weighted by atomic mass is 10.0. The third kappa shape index (κ3) is 20.8. The molecule has 0 aromatic heterocycles. The maximum atomic E-state index is 13.8. The molecule has 2 aromatic rings. The number of nitrogens with one attached hydrogen (secondary N) is 5. The maximum Gasteiger partial charge on any atom is 0.329 e. The Hall–Kier alpha value is -5.27. The van der Waals surface area contributed by atoms with Crippen LogP contribution in [-0.2, 0) is 44.7 Å². The molecule has 59 heavy (non-hydrogen) atoms. The third-order valence-electron chi connectivity index (χ3n) is 8.17. The third-order valence-corrected chi connectivity index (χ3v) is 8.89. The van der Waals surface area contributed by atoms with Gasteiger partial charge in [0.15, 0.2) is 0 Å². The minimum atomic E-state index is -1.52. The van der Waals surface area contributed by atoms with Gasteiger partial charge in [-0.1, -0.05) is 30.3 Å². The Morgan fingerprint density at radius 2 is 1.24 bits per heavy atom. The number of carboxylic acids is 2. The first-order valence-corrected chi connectivity index (χ1v) is 20.3. The monoisotopic (exact) mass is 937 g/mol. The fourth-order valence-corrected chi connectivity index (χ4v) is 5.77. The highest BCUT2D eigenvalue weighted by molar-refractivity contribution is 14.1. The highest BCUT2D eigenvalue weighted by Crippen LogP contribution is 2.14. The lowest BCUT2D eigenvalue weighted by Crippen LogP contribution is -2.54. The summed E-state index contributed by atoms with van der Waals surface area (Å²) in [7, 11) is 0. The molecule has 0 radical (unpaired) electrons. The van der Waals surface area contributed by atoms with Crippen LogP contribution in [0.3, 0.4) is 0 Å². The number of rotatable bonds is 22. The zero-order valence-corrected chi connectivity index (χ0v) is 36.4. The number of carboxylic acid groups (broad SMARTS) is 2. The van der Waals surface area contributed by atoms with Crippen LogP contribution < -0.4 is 26.6 Å². The van der Waals surface area contributed by atoms with Crippen LogP contribution in [0.15, 0.2) is 54.6 Å². The van der Waals surface area contributed by atoms with Crippen LogP contribution in [0, 0.1) is 3.57 Å². The number of carbonyl (C=O) groups excluding carboxylic acids is 6. The van der Waals surface area contributed by atoms with Crippen molar-refractivity contribution in [1.82, 2.24) is 26.6 Å². The topological polar surface area (TPSA) is 256 Å². The van der Waals surface area contributed by atoms with Crippen molar-refractivity contribution in [1.29, 1.82) is 0 Å². The van der Waals surface area contributed by atoms with Crippen LogP contribution in [0.25, 0.3) is 0 Å². The van der Waals surface area contributed by atoms with Gasteiger partial charge in [0.25, 0.3) is 5.91 Å². The molecular weight excluding hydrogens is 881 g/mol. The summed E-state index contributed by atoms with van der Waals surface area (Å²) in [6.45, 7) is 10.1. The van der Waals surface area contributed by atoms with Gasteiger partial charge in [0.05, 0.1) is 0 Å². The molecule has 4 atom stereocenters. The van der Waals surface area contributed by atoms with E-state index in [1.165, 1.54) is 0 Å². The van der Waals surface area contributed by atoms with Crippen molar-refractivity contribution in [3.63, 3.8) is 0 Å². The van der Waals surface area contributed by atoms with E-state index in [1.54, 1.807) is 96.1 Å². The van der Waals surface area contributed by atoms with E-state index < -0.39 is 89.4 Å². The van der Waals surface area contributed by atoms with E-state index in [0.29, 0.717) is 12.0 Å². The summed E-state index contributed by atoms with van der Waals surface area (Å²) in [4.78, 5) is 102. The number of unbranched alkanes of at least 4 members (excludes halogenated alkanes) is 1. The van der Waals surface area contributed by atoms with Gasteiger partial charge in [-0.15, -0.1) is 0 Å². The van der Waals surface area contributed by atoms with Gasteiger partial charge in [-0.3, -0.25) is 24.0 Å². The zero-order valence-electron chi connectivity index (χ0n) is 34.2. The van der Waals surface area contributed by atoms with Crippen molar-refractivity contribution < 1.29 is 58.0 Å². The summed E-state index contributed by atoms with van der Waals surface area (Å²) in [5.74, 6) is -5.83. The molecule has 0 heterocycles. The molecule has 0 aliphatic carbocycles. The van der Waals surface area contributed by atoms with Crippen LogP contribution in [0.2, 0.25) is 0 Å². The smallest absolute Gasteiger partial charge is 0.329 e. The molecule has 0 fully saturated rings. The van der Waals surface area contributed by atoms with Crippen molar-refractivity contribution >= 4 is 70.2 Å². The molecule has 2 rings (SSSR count). The summed E-state index contributed by atoms with van der Waals surface area (Å²) in [5, 5.41) is 31.2. The van der Waals surface area contributed by atoms with Crippen molar-refractivity contribution in [2.45, 2.75) is 128 Å². The number of ether oxygens (including phenoxy) is 2. The summed E-state index contributed by atoms with van der Waals surface area (Å²) in [6, 6.07) is 9.57. The quantitative estimate of drug-likeness (QED) is 0.0505. The number of carbonyl (C=O) groups is 8. The molecular formula is C41H56IN5O12.